The maximum absolute atomic E-state index is 10.0. The molecule has 0 saturated heterocycles. The molecule has 0 rings (SSSR count). The van der Waals surface area contributed by atoms with Gasteiger partial charge in [0.05, 0.1) is 7.11 Å². The van der Waals surface area contributed by atoms with E-state index in [1.165, 1.54) is 0 Å². The standard InChI is InChI=1S/C4H6O4.C2H6/c1-8-4(7)2-3(5)6;1-2/h2H2,1H3,(H,5,6);1-2H3. The average molecular weight is 148 g/mol. The van der Waals surface area contributed by atoms with E-state index in [-0.39, 0.29) is 0 Å². The van der Waals surface area contributed by atoms with Gasteiger partial charge in [-0.2, -0.15) is 0 Å². The number of ether oxygens (including phenoxy) is 1. The number of aliphatic carboxylic acids is 1. The van der Waals surface area contributed by atoms with Crippen molar-refractivity contribution in [2.24, 2.45) is 0 Å². The topological polar surface area (TPSA) is 63.6 Å². The first-order valence-corrected chi connectivity index (χ1v) is 2.95. The fraction of sp³-hybridized carbons (Fsp3) is 0.667. The molecule has 0 unspecified atom stereocenters. The molecule has 0 amide bonds. The van der Waals surface area contributed by atoms with Crippen LogP contribution >= 0.6 is 0 Å². The Balaban J connectivity index is 0. The molecule has 0 aliphatic carbocycles. The minimum Gasteiger partial charge on any atom is -0.481 e. The molecule has 1 N–H and O–H groups in total. The van der Waals surface area contributed by atoms with Gasteiger partial charge < -0.3 is 9.84 Å². The minimum absolute atomic E-state index is 0.559. The summed E-state index contributed by atoms with van der Waals surface area (Å²) in [5, 5.41) is 7.91. The molecule has 0 aromatic carbocycles. The summed E-state index contributed by atoms with van der Waals surface area (Å²) in [4.78, 5) is 19.7. The molecule has 0 saturated carbocycles. The molecule has 0 aromatic heterocycles. The molecular formula is C6H12O4. The largest absolute Gasteiger partial charge is 0.481 e. The van der Waals surface area contributed by atoms with Crippen molar-refractivity contribution in [1.29, 1.82) is 0 Å². The van der Waals surface area contributed by atoms with Gasteiger partial charge in [0.1, 0.15) is 6.42 Å². The lowest BCUT2D eigenvalue weighted by Gasteiger charge is -1.90. The van der Waals surface area contributed by atoms with Gasteiger partial charge in [-0.15, -0.1) is 0 Å². The van der Waals surface area contributed by atoms with Crippen LogP contribution in [0.4, 0.5) is 0 Å². The maximum Gasteiger partial charge on any atom is 0.316 e. The first kappa shape index (κ1) is 11.7. The summed E-state index contributed by atoms with van der Waals surface area (Å²) in [5.41, 5.74) is 0. The summed E-state index contributed by atoms with van der Waals surface area (Å²) in [5.74, 6) is -1.89. The van der Waals surface area contributed by atoms with Crippen LogP contribution in [0.1, 0.15) is 20.3 Å². The number of carboxylic acids is 1. The monoisotopic (exact) mass is 148 g/mol. The zero-order valence-electron chi connectivity index (χ0n) is 6.38. The lowest BCUT2D eigenvalue weighted by molar-refractivity contribution is -0.149. The Kier molecular flexibility index (Phi) is 9.29. The van der Waals surface area contributed by atoms with Crippen LogP contribution in [0, 0.1) is 0 Å². The summed E-state index contributed by atoms with van der Waals surface area (Å²) in [6.07, 6.45) is -0.559. The Morgan fingerprint density at radius 2 is 1.80 bits per heavy atom. The van der Waals surface area contributed by atoms with E-state index in [4.69, 9.17) is 5.11 Å². The molecule has 0 aliphatic rings. The molecule has 0 radical (unpaired) electrons. The van der Waals surface area contributed by atoms with Gasteiger partial charge in [-0.05, 0) is 0 Å². The maximum atomic E-state index is 10.0. The predicted molar refractivity (Wildman–Crippen MR) is 35.6 cm³/mol. The average Bonchev–Trinajstić information content (AvgIpc) is 1.91. The predicted octanol–water partition coefficient (Wildman–Crippen LogP) is 0.660. The molecule has 0 bridgehead atoms. The van der Waals surface area contributed by atoms with Gasteiger partial charge in [-0.25, -0.2) is 0 Å². The van der Waals surface area contributed by atoms with Crippen LogP contribution in [-0.2, 0) is 14.3 Å². The smallest absolute Gasteiger partial charge is 0.316 e. The van der Waals surface area contributed by atoms with Crippen molar-refractivity contribution in [2.45, 2.75) is 20.3 Å². The minimum atomic E-state index is -1.17. The highest BCUT2D eigenvalue weighted by Gasteiger charge is 2.04. The van der Waals surface area contributed by atoms with Gasteiger partial charge in [-0.1, -0.05) is 13.8 Å². The van der Waals surface area contributed by atoms with Crippen LogP contribution in [0.25, 0.3) is 0 Å². The van der Waals surface area contributed by atoms with Crippen molar-refractivity contribution in [2.75, 3.05) is 7.11 Å². The molecule has 4 heteroatoms. The number of carbonyl (C=O) groups is 2. The van der Waals surface area contributed by atoms with E-state index >= 15 is 0 Å². The summed E-state index contributed by atoms with van der Waals surface area (Å²) in [6, 6.07) is 0. The van der Waals surface area contributed by atoms with Gasteiger partial charge in [-0.3, -0.25) is 9.59 Å². The third-order valence-electron chi connectivity index (χ3n) is 0.523. The highest BCUT2D eigenvalue weighted by Crippen LogP contribution is 1.80. The molecule has 0 aliphatic heterocycles. The molecule has 4 nitrogen and oxygen atoms in total. The normalized spacial score (nSPS) is 7.10. The van der Waals surface area contributed by atoms with E-state index in [1.54, 1.807) is 0 Å². The number of carbonyl (C=O) groups excluding carboxylic acids is 1. The van der Waals surface area contributed by atoms with E-state index in [1.807, 2.05) is 13.8 Å². The van der Waals surface area contributed by atoms with Crippen molar-refractivity contribution < 1.29 is 19.4 Å². The molecular weight excluding hydrogens is 136 g/mol. The number of rotatable bonds is 2. The van der Waals surface area contributed by atoms with Crippen molar-refractivity contribution in [1.82, 2.24) is 0 Å². The van der Waals surface area contributed by atoms with E-state index in [0.717, 1.165) is 7.11 Å². The lowest BCUT2D eigenvalue weighted by Crippen LogP contribution is -2.07. The second kappa shape index (κ2) is 7.94. The summed E-state index contributed by atoms with van der Waals surface area (Å²) in [7, 11) is 1.14. The molecule has 0 fully saturated rings. The Labute approximate surface area is 59.8 Å². The van der Waals surface area contributed by atoms with Crippen molar-refractivity contribution in [3.8, 4) is 0 Å². The number of hydrogen-bond acceptors (Lipinski definition) is 3. The van der Waals surface area contributed by atoms with Crippen LogP contribution in [0.15, 0.2) is 0 Å². The zero-order valence-corrected chi connectivity index (χ0v) is 6.38. The van der Waals surface area contributed by atoms with Crippen LogP contribution in [-0.4, -0.2) is 24.2 Å². The van der Waals surface area contributed by atoms with Crippen molar-refractivity contribution in [3.63, 3.8) is 0 Å². The summed E-state index contributed by atoms with van der Waals surface area (Å²) >= 11 is 0. The molecule has 0 atom stereocenters. The second-order valence-electron chi connectivity index (χ2n) is 1.15. The first-order valence-electron chi connectivity index (χ1n) is 2.95. The third kappa shape index (κ3) is 10.0. The fourth-order valence-corrected chi connectivity index (χ4v) is 0.196. The highest BCUT2D eigenvalue weighted by atomic mass is 16.5. The number of esters is 1. The van der Waals surface area contributed by atoms with E-state index in [9.17, 15) is 9.59 Å². The number of methoxy groups -OCH3 is 1. The van der Waals surface area contributed by atoms with Crippen LogP contribution in [0.2, 0.25) is 0 Å². The SMILES string of the molecule is CC.COC(=O)CC(=O)O. The van der Waals surface area contributed by atoms with Gasteiger partial charge in [0.2, 0.25) is 0 Å². The highest BCUT2D eigenvalue weighted by molar-refractivity contribution is 5.89. The van der Waals surface area contributed by atoms with Crippen molar-refractivity contribution in [3.05, 3.63) is 0 Å². The molecule has 10 heavy (non-hydrogen) atoms. The zero-order chi connectivity index (χ0) is 8.57. The van der Waals surface area contributed by atoms with E-state index < -0.39 is 18.4 Å². The van der Waals surface area contributed by atoms with Gasteiger partial charge in [0.15, 0.2) is 0 Å². The quantitative estimate of drug-likeness (QED) is 0.461. The molecule has 60 valence electrons. The Morgan fingerprint density at radius 1 is 1.40 bits per heavy atom. The Bertz CT molecular complexity index is 108. The first-order chi connectivity index (χ1) is 4.66. The lowest BCUT2D eigenvalue weighted by atomic mass is 10.4. The second-order valence-corrected chi connectivity index (χ2v) is 1.15. The van der Waals surface area contributed by atoms with Crippen LogP contribution in [0.3, 0.4) is 0 Å². The molecule has 0 aromatic rings. The Hall–Kier alpha value is -1.06. The fourth-order valence-electron chi connectivity index (χ4n) is 0.196. The Morgan fingerprint density at radius 3 is 1.90 bits per heavy atom. The van der Waals surface area contributed by atoms with E-state index in [2.05, 4.69) is 4.74 Å². The van der Waals surface area contributed by atoms with Gasteiger partial charge in [0.25, 0.3) is 0 Å². The third-order valence-corrected chi connectivity index (χ3v) is 0.523. The van der Waals surface area contributed by atoms with Crippen LogP contribution < -0.4 is 0 Å². The summed E-state index contributed by atoms with van der Waals surface area (Å²) in [6.45, 7) is 4.00. The van der Waals surface area contributed by atoms with Gasteiger partial charge in [0, 0.05) is 0 Å². The molecule has 0 heterocycles. The van der Waals surface area contributed by atoms with Crippen molar-refractivity contribution >= 4 is 11.9 Å². The van der Waals surface area contributed by atoms with Gasteiger partial charge >= 0.3 is 11.9 Å². The van der Waals surface area contributed by atoms with Crippen LogP contribution in [0.5, 0.6) is 0 Å². The molecule has 0 spiro atoms. The van der Waals surface area contributed by atoms with E-state index in [0.29, 0.717) is 0 Å². The summed E-state index contributed by atoms with van der Waals surface area (Å²) < 4.78 is 4.04. The number of hydrogen-bond donors (Lipinski definition) is 1. The number of carboxylic acid groups (broad SMARTS) is 1.